The molecule has 1 aliphatic heterocycles. The van der Waals surface area contributed by atoms with Gasteiger partial charge in [0, 0.05) is 11.8 Å². The fourth-order valence-corrected chi connectivity index (χ4v) is 3.31. The van der Waals surface area contributed by atoms with Gasteiger partial charge in [0.25, 0.3) is 0 Å². The van der Waals surface area contributed by atoms with Crippen LogP contribution in [-0.2, 0) is 9.53 Å². The van der Waals surface area contributed by atoms with E-state index >= 15 is 0 Å². The van der Waals surface area contributed by atoms with Crippen molar-refractivity contribution in [3.05, 3.63) is 47.2 Å². The smallest absolute Gasteiger partial charge is 0.159 e. The molecule has 2 aliphatic rings. The van der Waals surface area contributed by atoms with Gasteiger partial charge >= 0.3 is 0 Å². The topological polar surface area (TPSA) is 39.4 Å². The Morgan fingerprint density at radius 2 is 2.10 bits per heavy atom. The zero-order valence-electron chi connectivity index (χ0n) is 11.4. The van der Waals surface area contributed by atoms with Crippen LogP contribution in [0.15, 0.2) is 45.9 Å². The molecule has 1 aromatic heterocycles. The standard InChI is InChI=1S/C17H16O3/c1-10-13-9-19-16(8-12(13)6-14(10)18)17-7-11-4-2-3-5-15(11)20-17/h2-5,7,12,16H,6,8-9H2,1H3. The predicted octanol–water partition coefficient (Wildman–Crippen LogP) is 3.80. The molecule has 4 rings (SSSR count). The molecule has 3 nitrogen and oxygen atoms in total. The average molecular weight is 268 g/mol. The van der Waals surface area contributed by atoms with Crippen LogP contribution in [0.25, 0.3) is 11.0 Å². The number of fused-ring (bicyclic) bond motifs is 2. The number of carbonyl (C=O) groups is 1. The van der Waals surface area contributed by atoms with E-state index in [1.165, 1.54) is 5.57 Å². The number of hydrogen-bond donors (Lipinski definition) is 0. The van der Waals surface area contributed by atoms with Gasteiger partial charge in [-0.25, -0.2) is 0 Å². The summed E-state index contributed by atoms with van der Waals surface area (Å²) >= 11 is 0. The first-order valence-corrected chi connectivity index (χ1v) is 7.05. The minimum absolute atomic E-state index is 0.0325. The molecular formula is C17H16O3. The number of benzene rings is 1. The van der Waals surface area contributed by atoms with Crippen molar-refractivity contribution in [2.75, 3.05) is 6.61 Å². The highest BCUT2D eigenvalue weighted by Gasteiger charge is 2.37. The van der Waals surface area contributed by atoms with Gasteiger partial charge < -0.3 is 9.15 Å². The van der Waals surface area contributed by atoms with E-state index in [1.54, 1.807) is 0 Å². The molecule has 3 heteroatoms. The molecule has 2 unspecified atom stereocenters. The molecule has 0 spiro atoms. The van der Waals surface area contributed by atoms with E-state index in [-0.39, 0.29) is 11.9 Å². The van der Waals surface area contributed by atoms with Gasteiger partial charge in [0.1, 0.15) is 17.4 Å². The lowest BCUT2D eigenvalue weighted by Crippen LogP contribution is -2.20. The van der Waals surface area contributed by atoms with E-state index in [1.807, 2.05) is 31.2 Å². The third-order valence-corrected chi connectivity index (χ3v) is 4.53. The van der Waals surface area contributed by atoms with Crippen molar-refractivity contribution in [2.45, 2.75) is 25.9 Å². The Morgan fingerprint density at radius 1 is 1.25 bits per heavy atom. The molecule has 0 saturated carbocycles. The lowest BCUT2D eigenvalue weighted by Gasteiger charge is -2.27. The molecule has 2 heterocycles. The Morgan fingerprint density at radius 3 is 2.95 bits per heavy atom. The van der Waals surface area contributed by atoms with E-state index in [0.29, 0.717) is 18.9 Å². The maximum atomic E-state index is 11.8. The number of para-hydroxylation sites is 1. The van der Waals surface area contributed by atoms with E-state index in [2.05, 4.69) is 6.07 Å². The Labute approximate surface area is 117 Å². The highest BCUT2D eigenvalue weighted by atomic mass is 16.5. The molecule has 102 valence electrons. The second-order valence-electron chi connectivity index (χ2n) is 5.70. The Kier molecular flexibility index (Phi) is 2.57. The van der Waals surface area contributed by atoms with Crippen LogP contribution in [0.1, 0.15) is 31.6 Å². The van der Waals surface area contributed by atoms with Crippen LogP contribution in [-0.4, -0.2) is 12.4 Å². The van der Waals surface area contributed by atoms with Crippen LogP contribution in [0.5, 0.6) is 0 Å². The van der Waals surface area contributed by atoms with E-state index < -0.39 is 0 Å². The van der Waals surface area contributed by atoms with Crippen molar-refractivity contribution in [3.63, 3.8) is 0 Å². The van der Waals surface area contributed by atoms with Crippen LogP contribution in [0.2, 0.25) is 0 Å². The Hall–Kier alpha value is -1.87. The lowest BCUT2D eigenvalue weighted by atomic mass is 9.91. The molecule has 1 saturated heterocycles. The summed E-state index contributed by atoms with van der Waals surface area (Å²) in [5.74, 6) is 1.50. The third-order valence-electron chi connectivity index (χ3n) is 4.53. The summed E-state index contributed by atoms with van der Waals surface area (Å²) < 4.78 is 11.8. The van der Waals surface area contributed by atoms with Crippen LogP contribution in [0, 0.1) is 5.92 Å². The average Bonchev–Trinajstić information content (AvgIpc) is 3.01. The van der Waals surface area contributed by atoms with Gasteiger partial charge in [0.15, 0.2) is 5.78 Å². The maximum Gasteiger partial charge on any atom is 0.159 e. The van der Waals surface area contributed by atoms with Crippen LogP contribution < -0.4 is 0 Å². The number of furan rings is 1. The summed E-state index contributed by atoms with van der Waals surface area (Å²) in [5.41, 5.74) is 3.01. The molecule has 1 aliphatic carbocycles. The molecular weight excluding hydrogens is 252 g/mol. The first-order chi connectivity index (χ1) is 9.72. The molecule has 2 atom stereocenters. The second kappa shape index (κ2) is 4.32. The normalized spacial score (nSPS) is 26.4. The summed E-state index contributed by atoms with van der Waals surface area (Å²) in [6.07, 6.45) is 1.45. The maximum absolute atomic E-state index is 11.8. The van der Waals surface area contributed by atoms with Crippen molar-refractivity contribution in [1.29, 1.82) is 0 Å². The molecule has 0 radical (unpaired) electrons. The first kappa shape index (κ1) is 11.9. The number of rotatable bonds is 1. The zero-order valence-corrected chi connectivity index (χ0v) is 11.4. The van der Waals surface area contributed by atoms with Crippen LogP contribution >= 0.6 is 0 Å². The van der Waals surface area contributed by atoms with Crippen molar-refractivity contribution in [3.8, 4) is 0 Å². The number of hydrogen-bond acceptors (Lipinski definition) is 3. The zero-order chi connectivity index (χ0) is 13.7. The SMILES string of the molecule is CC1=C2COC(c3cc4ccccc4o3)CC2CC1=O. The summed E-state index contributed by atoms with van der Waals surface area (Å²) in [4.78, 5) is 11.8. The minimum Gasteiger partial charge on any atom is -0.458 e. The van der Waals surface area contributed by atoms with Gasteiger partial charge in [-0.2, -0.15) is 0 Å². The predicted molar refractivity (Wildman–Crippen MR) is 75.3 cm³/mol. The quantitative estimate of drug-likeness (QED) is 0.789. The van der Waals surface area contributed by atoms with Crippen LogP contribution in [0.4, 0.5) is 0 Å². The van der Waals surface area contributed by atoms with E-state index in [0.717, 1.165) is 28.7 Å². The molecule has 20 heavy (non-hydrogen) atoms. The van der Waals surface area contributed by atoms with Gasteiger partial charge in [-0.3, -0.25) is 4.79 Å². The fourth-order valence-electron chi connectivity index (χ4n) is 3.31. The summed E-state index contributed by atoms with van der Waals surface area (Å²) in [6.45, 7) is 2.48. The summed E-state index contributed by atoms with van der Waals surface area (Å²) in [6, 6.07) is 10.0. The highest BCUT2D eigenvalue weighted by Crippen LogP contribution is 2.42. The number of allylic oxidation sites excluding steroid dienone is 1. The van der Waals surface area contributed by atoms with E-state index in [4.69, 9.17) is 9.15 Å². The molecule has 1 fully saturated rings. The van der Waals surface area contributed by atoms with Gasteiger partial charge in [-0.05, 0) is 42.5 Å². The van der Waals surface area contributed by atoms with Gasteiger partial charge in [0.2, 0.25) is 0 Å². The van der Waals surface area contributed by atoms with Crippen molar-refractivity contribution < 1.29 is 13.9 Å². The molecule has 2 aromatic rings. The Bertz CT molecular complexity index is 690. The van der Waals surface area contributed by atoms with E-state index in [9.17, 15) is 4.79 Å². The largest absolute Gasteiger partial charge is 0.458 e. The minimum atomic E-state index is -0.0325. The molecule has 0 amide bonds. The van der Waals surface area contributed by atoms with Gasteiger partial charge in [0.05, 0.1) is 6.61 Å². The van der Waals surface area contributed by atoms with Gasteiger partial charge in [-0.1, -0.05) is 18.2 Å². The van der Waals surface area contributed by atoms with Gasteiger partial charge in [-0.15, -0.1) is 0 Å². The van der Waals surface area contributed by atoms with Crippen molar-refractivity contribution in [1.82, 2.24) is 0 Å². The molecule has 0 N–H and O–H groups in total. The molecule has 1 aromatic carbocycles. The fraction of sp³-hybridized carbons (Fsp3) is 0.353. The highest BCUT2D eigenvalue weighted by molar-refractivity contribution is 5.98. The Balaban J connectivity index is 1.64. The van der Waals surface area contributed by atoms with Crippen LogP contribution in [0.3, 0.4) is 0 Å². The first-order valence-electron chi connectivity index (χ1n) is 7.05. The number of Topliss-reactive ketones (excluding diaryl/α,β-unsaturated/α-hetero) is 1. The number of ketones is 1. The molecule has 0 bridgehead atoms. The third kappa shape index (κ3) is 1.74. The summed E-state index contributed by atoms with van der Waals surface area (Å²) in [5, 5.41) is 1.10. The second-order valence-corrected chi connectivity index (χ2v) is 5.70. The summed E-state index contributed by atoms with van der Waals surface area (Å²) in [7, 11) is 0. The van der Waals surface area contributed by atoms with Crippen molar-refractivity contribution in [2.24, 2.45) is 5.92 Å². The van der Waals surface area contributed by atoms with Crippen molar-refractivity contribution >= 4 is 16.8 Å². The number of carbonyl (C=O) groups excluding carboxylic acids is 1. The number of ether oxygens (including phenoxy) is 1. The lowest BCUT2D eigenvalue weighted by molar-refractivity contribution is -0.115. The monoisotopic (exact) mass is 268 g/mol.